The summed E-state index contributed by atoms with van der Waals surface area (Å²) in [4.78, 5) is 11.3. The van der Waals surface area contributed by atoms with Crippen molar-refractivity contribution in [3.8, 4) is 11.1 Å². The standard InChI is InChI=1S/C26H29FO5/c1-15(2)22-14-32-24-10-8-20(17-5-9-23(27)16(3)11-17)21(26(22)24)7-6-18(28)12-19(29)13-25(30)31-4/h5-11,14-15,18-19,28-29H,12-13H2,1-4H3. The molecule has 0 radical (unpaired) electrons. The zero-order valence-electron chi connectivity index (χ0n) is 18.8. The summed E-state index contributed by atoms with van der Waals surface area (Å²) in [5.41, 5.74) is 4.85. The van der Waals surface area contributed by atoms with Gasteiger partial charge in [-0.15, -0.1) is 0 Å². The van der Waals surface area contributed by atoms with Gasteiger partial charge in [-0.25, -0.2) is 4.39 Å². The van der Waals surface area contributed by atoms with E-state index in [0.29, 0.717) is 5.56 Å². The summed E-state index contributed by atoms with van der Waals surface area (Å²) in [5, 5.41) is 21.4. The average molecular weight is 441 g/mol. The Kier molecular flexibility index (Phi) is 7.48. The molecular weight excluding hydrogens is 411 g/mol. The Balaban J connectivity index is 2.04. The minimum absolute atomic E-state index is 0.00497. The lowest BCUT2D eigenvalue weighted by atomic mass is 9.91. The van der Waals surface area contributed by atoms with Crippen LogP contribution in [0.25, 0.3) is 28.2 Å². The Morgan fingerprint density at radius 3 is 2.62 bits per heavy atom. The lowest BCUT2D eigenvalue weighted by Gasteiger charge is -2.14. The van der Waals surface area contributed by atoms with Crippen molar-refractivity contribution in [2.24, 2.45) is 0 Å². The summed E-state index contributed by atoms with van der Waals surface area (Å²) >= 11 is 0. The fourth-order valence-corrected chi connectivity index (χ4v) is 3.77. The van der Waals surface area contributed by atoms with Crippen LogP contribution in [0.15, 0.2) is 47.1 Å². The van der Waals surface area contributed by atoms with Crippen LogP contribution < -0.4 is 0 Å². The van der Waals surface area contributed by atoms with Gasteiger partial charge in [-0.1, -0.05) is 38.1 Å². The first-order valence-electron chi connectivity index (χ1n) is 10.6. The van der Waals surface area contributed by atoms with Crippen molar-refractivity contribution in [1.82, 2.24) is 0 Å². The quantitative estimate of drug-likeness (QED) is 0.461. The molecule has 2 unspecified atom stereocenters. The average Bonchev–Trinajstić information content (AvgIpc) is 3.18. The molecule has 0 bridgehead atoms. The van der Waals surface area contributed by atoms with Gasteiger partial charge in [0.25, 0.3) is 0 Å². The lowest BCUT2D eigenvalue weighted by Crippen LogP contribution is -2.20. The van der Waals surface area contributed by atoms with Crippen LogP contribution in [-0.4, -0.2) is 35.5 Å². The number of halogens is 1. The van der Waals surface area contributed by atoms with E-state index < -0.39 is 18.2 Å². The number of fused-ring (bicyclic) bond motifs is 1. The van der Waals surface area contributed by atoms with Crippen molar-refractivity contribution >= 4 is 23.0 Å². The van der Waals surface area contributed by atoms with Gasteiger partial charge in [-0.3, -0.25) is 4.79 Å². The van der Waals surface area contributed by atoms with Gasteiger partial charge in [0.15, 0.2) is 0 Å². The molecular formula is C26H29FO5. The molecule has 0 saturated carbocycles. The zero-order valence-corrected chi connectivity index (χ0v) is 18.8. The first-order chi connectivity index (χ1) is 15.2. The molecule has 3 aromatic rings. The first kappa shape index (κ1) is 23.7. The highest BCUT2D eigenvalue weighted by atomic mass is 19.1. The number of aryl methyl sites for hydroxylation is 1. The van der Waals surface area contributed by atoms with Gasteiger partial charge in [0.05, 0.1) is 32.0 Å². The second-order valence-corrected chi connectivity index (χ2v) is 8.31. The van der Waals surface area contributed by atoms with Gasteiger partial charge in [0.2, 0.25) is 0 Å². The topological polar surface area (TPSA) is 79.9 Å². The number of carbonyl (C=O) groups excluding carboxylic acids is 1. The second-order valence-electron chi connectivity index (χ2n) is 8.31. The number of hydrogen-bond acceptors (Lipinski definition) is 5. The number of esters is 1. The van der Waals surface area contributed by atoms with Crippen LogP contribution >= 0.6 is 0 Å². The molecule has 32 heavy (non-hydrogen) atoms. The summed E-state index contributed by atoms with van der Waals surface area (Å²) in [7, 11) is 1.25. The molecule has 2 aromatic carbocycles. The fraction of sp³-hybridized carbons (Fsp3) is 0.346. The Bertz CT molecular complexity index is 1130. The first-order valence-corrected chi connectivity index (χ1v) is 10.6. The van der Waals surface area contributed by atoms with Crippen LogP contribution in [0.4, 0.5) is 4.39 Å². The molecule has 0 aliphatic rings. The van der Waals surface area contributed by atoms with Crippen LogP contribution in [-0.2, 0) is 9.53 Å². The second kappa shape index (κ2) is 10.1. The van der Waals surface area contributed by atoms with E-state index in [-0.39, 0.29) is 24.6 Å². The molecule has 0 spiro atoms. The maximum atomic E-state index is 13.9. The number of ether oxygens (including phenoxy) is 1. The monoisotopic (exact) mass is 440 g/mol. The number of benzene rings is 2. The van der Waals surface area contributed by atoms with Gasteiger partial charge >= 0.3 is 5.97 Å². The number of furan rings is 1. The van der Waals surface area contributed by atoms with Crippen molar-refractivity contribution in [2.45, 2.75) is 51.7 Å². The predicted molar refractivity (Wildman–Crippen MR) is 123 cm³/mol. The third-order valence-corrected chi connectivity index (χ3v) is 5.53. The largest absolute Gasteiger partial charge is 0.469 e. The number of aliphatic hydroxyl groups excluding tert-OH is 2. The normalized spacial score (nSPS) is 13.8. The van der Waals surface area contributed by atoms with Gasteiger partial charge in [0.1, 0.15) is 11.4 Å². The number of carbonyl (C=O) groups is 1. The van der Waals surface area contributed by atoms with Gasteiger partial charge < -0.3 is 19.4 Å². The molecule has 6 heteroatoms. The molecule has 0 aliphatic carbocycles. The summed E-state index contributed by atoms with van der Waals surface area (Å²) in [5.74, 6) is -0.596. The van der Waals surface area contributed by atoms with Crippen molar-refractivity contribution in [1.29, 1.82) is 0 Å². The van der Waals surface area contributed by atoms with Crippen molar-refractivity contribution in [2.75, 3.05) is 7.11 Å². The predicted octanol–water partition coefficient (Wildman–Crippen LogP) is 5.36. The van der Waals surface area contributed by atoms with Crippen LogP contribution in [0.3, 0.4) is 0 Å². The van der Waals surface area contributed by atoms with E-state index in [4.69, 9.17) is 4.42 Å². The molecule has 3 rings (SSSR count). The Hall–Kier alpha value is -2.96. The smallest absolute Gasteiger partial charge is 0.308 e. The summed E-state index contributed by atoms with van der Waals surface area (Å²) in [6, 6.07) is 8.77. The van der Waals surface area contributed by atoms with Crippen LogP contribution in [0, 0.1) is 12.7 Å². The van der Waals surface area contributed by atoms with E-state index >= 15 is 0 Å². The highest BCUT2D eigenvalue weighted by molar-refractivity contribution is 5.97. The minimum Gasteiger partial charge on any atom is -0.469 e. The molecule has 0 fully saturated rings. The summed E-state index contributed by atoms with van der Waals surface area (Å²) in [6.45, 7) is 5.87. The lowest BCUT2D eigenvalue weighted by molar-refractivity contribution is -0.143. The van der Waals surface area contributed by atoms with E-state index in [2.05, 4.69) is 18.6 Å². The number of methoxy groups -OCH3 is 1. The molecule has 0 aliphatic heterocycles. The van der Waals surface area contributed by atoms with E-state index in [9.17, 15) is 19.4 Å². The third kappa shape index (κ3) is 5.26. The highest BCUT2D eigenvalue weighted by Crippen LogP contribution is 2.37. The number of rotatable bonds is 8. The van der Waals surface area contributed by atoms with Gasteiger partial charge in [-0.05, 0) is 53.3 Å². The SMILES string of the molecule is COC(=O)CC(O)CC(O)C=Cc1c(-c2ccc(F)c(C)c2)ccc2occ(C(C)C)c12. The number of hydrogen-bond donors (Lipinski definition) is 2. The van der Waals surface area contributed by atoms with Crippen LogP contribution in [0.2, 0.25) is 0 Å². The molecule has 2 atom stereocenters. The minimum atomic E-state index is -1.02. The van der Waals surface area contributed by atoms with E-state index in [0.717, 1.165) is 33.2 Å². The summed E-state index contributed by atoms with van der Waals surface area (Å²) in [6.07, 6.45) is 2.95. The van der Waals surface area contributed by atoms with Crippen molar-refractivity contribution < 1.29 is 28.6 Å². The molecule has 1 aromatic heterocycles. The van der Waals surface area contributed by atoms with E-state index in [1.165, 1.54) is 13.2 Å². The molecule has 0 amide bonds. The maximum Gasteiger partial charge on any atom is 0.308 e. The molecule has 2 N–H and O–H groups in total. The Morgan fingerprint density at radius 2 is 1.97 bits per heavy atom. The van der Waals surface area contributed by atoms with Crippen molar-refractivity contribution in [3.63, 3.8) is 0 Å². The van der Waals surface area contributed by atoms with Gasteiger partial charge in [-0.2, -0.15) is 0 Å². The van der Waals surface area contributed by atoms with Crippen molar-refractivity contribution in [3.05, 3.63) is 65.2 Å². The van der Waals surface area contributed by atoms with Crippen LogP contribution in [0.1, 0.15) is 49.3 Å². The third-order valence-electron chi connectivity index (χ3n) is 5.53. The summed E-state index contributed by atoms with van der Waals surface area (Å²) < 4.78 is 24.2. The maximum absolute atomic E-state index is 13.9. The van der Waals surface area contributed by atoms with Gasteiger partial charge in [0, 0.05) is 17.4 Å². The highest BCUT2D eigenvalue weighted by Gasteiger charge is 2.18. The van der Waals surface area contributed by atoms with Crippen LogP contribution in [0.5, 0.6) is 0 Å². The molecule has 170 valence electrons. The zero-order chi connectivity index (χ0) is 23.4. The fourth-order valence-electron chi connectivity index (χ4n) is 3.77. The van der Waals surface area contributed by atoms with E-state index in [1.54, 1.807) is 37.5 Å². The molecule has 5 nitrogen and oxygen atoms in total. The molecule has 0 saturated heterocycles. The van der Waals surface area contributed by atoms with E-state index in [1.807, 2.05) is 12.1 Å². The number of aliphatic hydroxyl groups is 2. The Morgan fingerprint density at radius 1 is 1.22 bits per heavy atom. The Labute approximate surface area is 187 Å². The molecule has 1 heterocycles.